The van der Waals surface area contributed by atoms with Crippen LogP contribution in [0.1, 0.15) is 16.5 Å². The van der Waals surface area contributed by atoms with Gasteiger partial charge in [0.25, 0.3) is 0 Å². The summed E-state index contributed by atoms with van der Waals surface area (Å²) < 4.78 is 0. The topological polar surface area (TPSA) is 36.1 Å². The van der Waals surface area contributed by atoms with Crippen LogP contribution in [-0.2, 0) is 4.79 Å². The first-order valence-corrected chi connectivity index (χ1v) is 11.3. The van der Waals surface area contributed by atoms with Gasteiger partial charge in [-0.2, -0.15) is 11.8 Å². The second-order valence-electron chi connectivity index (χ2n) is 6.03. The van der Waals surface area contributed by atoms with Crippen molar-refractivity contribution in [2.45, 2.75) is 16.6 Å². The Morgan fingerprint density at radius 3 is 3.04 bits per heavy atom. The third-order valence-corrected chi connectivity index (χ3v) is 7.94. The lowest BCUT2D eigenvalue weighted by Gasteiger charge is -2.20. The first-order chi connectivity index (χ1) is 12.3. The molecule has 3 aromatic rings. The van der Waals surface area contributed by atoms with E-state index in [1.54, 1.807) is 11.8 Å². The smallest absolute Gasteiger partial charge is 0.232 e. The average molecular weight is 389 g/mol. The van der Waals surface area contributed by atoms with E-state index in [4.69, 9.17) is 0 Å². The van der Waals surface area contributed by atoms with Crippen molar-refractivity contribution in [3.63, 3.8) is 0 Å². The van der Waals surface area contributed by atoms with Crippen LogP contribution in [0.15, 0.2) is 52.9 Å². The van der Waals surface area contributed by atoms with Crippen LogP contribution in [0.25, 0.3) is 10.9 Å². The summed E-state index contributed by atoms with van der Waals surface area (Å²) in [6.45, 7) is 1.72. The van der Waals surface area contributed by atoms with Crippen LogP contribution in [0, 0.1) is 0 Å². The number of amides is 1. The van der Waals surface area contributed by atoms with Gasteiger partial charge in [-0.15, -0.1) is 23.1 Å². The van der Waals surface area contributed by atoms with Gasteiger partial charge in [-0.3, -0.25) is 4.79 Å². The number of nitrogens with zero attached hydrogens (tertiary/aromatic N) is 1. The molecular weight excluding hydrogens is 368 g/mol. The highest BCUT2D eigenvalue weighted by Crippen LogP contribution is 2.37. The normalized spacial score (nSPS) is 18.4. The maximum atomic E-state index is 12.7. The minimum absolute atomic E-state index is 0.253. The summed E-state index contributed by atoms with van der Waals surface area (Å²) >= 11 is 5.45. The van der Waals surface area contributed by atoms with Crippen molar-refractivity contribution in [1.82, 2.24) is 9.88 Å². The third-order valence-electron chi connectivity index (χ3n) is 4.46. The Bertz CT molecular complexity index is 843. The molecule has 0 aliphatic carbocycles. The van der Waals surface area contributed by atoms with Gasteiger partial charge in [0.05, 0.1) is 5.75 Å². The van der Waals surface area contributed by atoms with Crippen LogP contribution in [0.2, 0.25) is 0 Å². The largest absolute Gasteiger partial charge is 0.360 e. The van der Waals surface area contributed by atoms with Gasteiger partial charge in [-0.25, -0.2) is 0 Å². The number of hydrogen-bond acceptors (Lipinski definition) is 4. The van der Waals surface area contributed by atoms with Crippen LogP contribution in [0.5, 0.6) is 0 Å². The minimum Gasteiger partial charge on any atom is -0.360 e. The molecule has 0 saturated carbocycles. The molecule has 25 heavy (non-hydrogen) atoms. The van der Waals surface area contributed by atoms with Crippen molar-refractivity contribution in [3.05, 3.63) is 52.9 Å². The van der Waals surface area contributed by atoms with E-state index in [-0.39, 0.29) is 5.91 Å². The maximum absolute atomic E-state index is 12.7. The molecule has 1 atom stereocenters. The van der Waals surface area contributed by atoms with Crippen LogP contribution >= 0.6 is 34.9 Å². The SMILES string of the molecule is O=C(CSc1c[nH]c2ccccc12)N1CCSC(c2cccs2)CC1. The number of benzene rings is 1. The number of carbonyl (C=O) groups is 1. The number of thioether (sulfide) groups is 2. The number of carbonyl (C=O) groups excluding carboxylic acids is 1. The van der Waals surface area contributed by atoms with Gasteiger partial charge in [0.15, 0.2) is 0 Å². The van der Waals surface area contributed by atoms with Gasteiger partial charge in [0.2, 0.25) is 5.91 Å². The summed E-state index contributed by atoms with van der Waals surface area (Å²) in [6, 6.07) is 12.6. The molecule has 130 valence electrons. The second-order valence-corrected chi connectivity index (χ2v) is 9.34. The van der Waals surface area contributed by atoms with Crippen molar-refractivity contribution < 1.29 is 4.79 Å². The van der Waals surface area contributed by atoms with Gasteiger partial charge in [0.1, 0.15) is 0 Å². The predicted molar refractivity (Wildman–Crippen MR) is 110 cm³/mol. The summed E-state index contributed by atoms with van der Waals surface area (Å²) in [5, 5.41) is 3.88. The van der Waals surface area contributed by atoms with Crippen LogP contribution in [0.4, 0.5) is 0 Å². The number of H-pyrrole nitrogens is 1. The Morgan fingerprint density at radius 1 is 1.24 bits per heavy atom. The van der Waals surface area contributed by atoms with Crippen molar-refractivity contribution >= 4 is 51.7 Å². The van der Waals surface area contributed by atoms with E-state index >= 15 is 0 Å². The Hall–Kier alpha value is -1.37. The molecule has 2 aromatic heterocycles. The Balaban J connectivity index is 1.35. The second kappa shape index (κ2) is 7.89. The fourth-order valence-corrected chi connectivity index (χ4v) is 6.29. The van der Waals surface area contributed by atoms with Crippen LogP contribution < -0.4 is 0 Å². The highest BCUT2D eigenvalue weighted by atomic mass is 32.2. The summed E-state index contributed by atoms with van der Waals surface area (Å²) in [5.74, 6) is 1.78. The van der Waals surface area contributed by atoms with E-state index in [0.29, 0.717) is 11.0 Å². The number of hydrogen-bond donors (Lipinski definition) is 1. The number of thiophene rings is 1. The molecule has 1 fully saturated rings. The first kappa shape index (κ1) is 17.1. The van der Waals surface area contributed by atoms with E-state index < -0.39 is 0 Å². The quantitative estimate of drug-likeness (QED) is 0.637. The average Bonchev–Trinajstić information content (AvgIpc) is 3.25. The molecule has 0 spiro atoms. The van der Waals surface area contributed by atoms with Crippen LogP contribution in [0.3, 0.4) is 0 Å². The highest BCUT2D eigenvalue weighted by Gasteiger charge is 2.22. The monoisotopic (exact) mass is 388 g/mol. The summed E-state index contributed by atoms with van der Waals surface area (Å²) in [4.78, 5) is 20.6. The van der Waals surface area contributed by atoms with Crippen LogP contribution in [-0.4, -0.2) is 40.4 Å². The van der Waals surface area contributed by atoms with Crippen molar-refractivity contribution in [2.75, 3.05) is 24.6 Å². The number of rotatable bonds is 4. The fraction of sp³-hybridized carbons (Fsp3) is 0.316. The number of aromatic nitrogens is 1. The molecule has 1 aliphatic heterocycles. The Labute approximate surface area is 160 Å². The molecule has 1 saturated heterocycles. The van der Waals surface area contributed by atoms with Crippen molar-refractivity contribution in [3.8, 4) is 0 Å². The van der Waals surface area contributed by atoms with E-state index in [2.05, 4.69) is 34.6 Å². The molecule has 4 rings (SSSR count). The lowest BCUT2D eigenvalue weighted by molar-refractivity contribution is -0.128. The number of fused-ring (bicyclic) bond motifs is 1. The molecule has 3 heterocycles. The standard InChI is InChI=1S/C19H20N2OS3/c22-19(13-25-18-12-20-15-5-2-1-4-14(15)18)21-8-7-17(24-11-9-21)16-6-3-10-23-16/h1-6,10,12,17,20H,7-9,11,13H2. The lowest BCUT2D eigenvalue weighted by atomic mass is 10.2. The summed E-state index contributed by atoms with van der Waals surface area (Å²) in [5.41, 5.74) is 1.13. The lowest BCUT2D eigenvalue weighted by Crippen LogP contribution is -2.34. The van der Waals surface area contributed by atoms with Gasteiger partial charge in [-0.05, 0) is 23.9 Å². The molecule has 1 aliphatic rings. The summed E-state index contributed by atoms with van der Waals surface area (Å²) in [7, 11) is 0. The zero-order chi connectivity index (χ0) is 17.1. The third kappa shape index (κ3) is 3.91. The maximum Gasteiger partial charge on any atom is 0.232 e. The summed E-state index contributed by atoms with van der Waals surface area (Å²) in [6.07, 6.45) is 3.06. The van der Waals surface area contributed by atoms with Crippen molar-refractivity contribution in [1.29, 1.82) is 0 Å². The molecule has 3 nitrogen and oxygen atoms in total. The Morgan fingerprint density at radius 2 is 2.16 bits per heavy atom. The minimum atomic E-state index is 0.253. The predicted octanol–water partition coefficient (Wildman–Crippen LogP) is 5.03. The molecule has 1 N–H and O–H groups in total. The van der Waals surface area contributed by atoms with Gasteiger partial charge in [-0.1, -0.05) is 24.3 Å². The van der Waals surface area contributed by atoms with Gasteiger partial charge in [0, 0.05) is 51.0 Å². The molecule has 0 bridgehead atoms. The van der Waals surface area contributed by atoms with E-state index in [0.717, 1.165) is 35.7 Å². The van der Waals surface area contributed by atoms with Gasteiger partial charge >= 0.3 is 0 Å². The molecule has 6 heteroatoms. The highest BCUT2D eigenvalue weighted by molar-refractivity contribution is 8.00. The zero-order valence-electron chi connectivity index (χ0n) is 13.8. The first-order valence-electron chi connectivity index (χ1n) is 8.43. The van der Waals surface area contributed by atoms with E-state index in [1.165, 1.54) is 10.3 Å². The number of nitrogens with one attached hydrogen (secondary N) is 1. The fourth-order valence-electron chi connectivity index (χ4n) is 3.12. The molecule has 0 radical (unpaired) electrons. The number of para-hydroxylation sites is 1. The molecule has 1 aromatic carbocycles. The van der Waals surface area contributed by atoms with Gasteiger partial charge < -0.3 is 9.88 Å². The zero-order valence-corrected chi connectivity index (χ0v) is 16.3. The molecule has 1 amide bonds. The van der Waals surface area contributed by atoms with Crippen molar-refractivity contribution in [2.24, 2.45) is 0 Å². The van der Waals surface area contributed by atoms with E-state index in [1.807, 2.05) is 46.3 Å². The molecular formula is C19H20N2OS3. The van der Waals surface area contributed by atoms with E-state index in [9.17, 15) is 4.79 Å². The Kier molecular flexibility index (Phi) is 5.39. The molecule has 1 unspecified atom stereocenters. The number of aromatic amines is 1.